The van der Waals surface area contributed by atoms with E-state index in [1.54, 1.807) is 23.1 Å². The van der Waals surface area contributed by atoms with Crippen LogP contribution < -0.4 is 0 Å². The minimum Gasteiger partial charge on any atom is -0.478 e. The molecule has 5 rings (SSSR count). The second kappa shape index (κ2) is 10.8. The lowest BCUT2D eigenvalue weighted by Gasteiger charge is -2.42. The number of piperidine rings is 1. The highest BCUT2D eigenvalue weighted by atomic mass is 19.4. The summed E-state index contributed by atoms with van der Waals surface area (Å²) in [6.45, 7) is 8.99. The number of hydrogen-bond acceptors (Lipinski definition) is 3. The Kier molecular flexibility index (Phi) is 7.77. The van der Waals surface area contributed by atoms with E-state index < -0.39 is 23.1 Å². The van der Waals surface area contributed by atoms with Gasteiger partial charge in [0.1, 0.15) is 0 Å². The zero-order valence-corrected chi connectivity index (χ0v) is 23.5. The molecule has 5 nitrogen and oxygen atoms in total. The molecule has 0 unspecified atom stereocenters. The molecule has 2 aliphatic heterocycles. The Morgan fingerprint density at radius 2 is 1.82 bits per heavy atom. The smallest absolute Gasteiger partial charge is 0.416 e. The summed E-state index contributed by atoms with van der Waals surface area (Å²) in [7, 11) is 0. The predicted molar refractivity (Wildman–Crippen MR) is 147 cm³/mol. The van der Waals surface area contributed by atoms with E-state index in [4.69, 9.17) is 0 Å². The Morgan fingerprint density at radius 1 is 1.05 bits per heavy atom. The lowest BCUT2D eigenvalue weighted by Crippen LogP contribution is -2.49. The van der Waals surface area contributed by atoms with Crippen LogP contribution in [-0.4, -0.2) is 52.5 Å². The number of carbonyl (C=O) groups is 2. The lowest BCUT2D eigenvalue weighted by atomic mass is 9.73. The normalized spacial score (nSPS) is 27.6. The zero-order chi connectivity index (χ0) is 28.8. The Hall–Kier alpha value is -2.87. The lowest BCUT2D eigenvalue weighted by molar-refractivity contribution is -0.146. The third kappa shape index (κ3) is 5.39. The number of nitrogens with zero attached hydrogens (tertiary/aromatic N) is 2. The summed E-state index contributed by atoms with van der Waals surface area (Å²) < 4.78 is 40.0. The van der Waals surface area contributed by atoms with Gasteiger partial charge >= 0.3 is 12.1 Å². The Morgan fingerprint density at radius 3 is 2.50 bits per heavy atom. The number of carboxylic acid groups (broad SMARTS) is 1. The molecule has 40 heavy (non-hydrogen) atoms. The van der Waals surface area contributed by atoms with E-state index >= 15 is 0 Å². The van der Waals surface area contributed by atoms with Gasteiger partial charge in [-0.1, -0.05) is 39.0 Å². The third-order valence-electron chi connectivity index (χ3n) is 9.90. The Balaban J connectivity index is 1.28. The number of likely N-dealkylation sites (tertiary alicyclic amines) is 1. The molecule has 1 saturated heterocycles. The molecular formula is C32H39F3N2O3. The second-order valence-electron chi connectivity index (χ2n) is 12.5. The first-order valence-corrected chi connectivity index (χ1v) is 14.4. The minimum absolute atomic E-state index is 0.0847. The van der Waals surface area contributed by atoms with Gasteiger partial charge in [-0.2, -0.15) is 13.2 Å². The molecule has 2 fully saturated rings. The van der Waals surface area contributed by atoms with Crippen molar-refractivity contribution in [2.75, 3.05) is 19.6 Å². The third-order valence-corrected chi connectivity index (χ3v) is 9.90. The van der Waals surface area contributed by atoms with Gasteiger partial charge in [0.25, 0.3) is 0 Å². The molecule has 0 radical (unpaired) electrons. The van der Waals surface area contributed by atoms with Crippen LogP contribution in [0.1, 0.15) is 85.0 Å². The number of carbonyl (C=O) groups excluding carboxylic acids is 1. The Bertz CT molecular complexity index is 1280. The van der Waals surface area contributed by atoms with Crippen molar-refractivity contribution in [3.8, 4) is 0 Å². The molecule has 8 heteroatoms. The van der Waals surface area contributed by atoms with Crippen molar-refractivity contribution in [3.63, 3.8) is 0 Å². The molecule has 1 aliphatic carbocycles. The maximum Gasteiger partial charge on any atom is 0.416 e. The topological polar surface area (TPSA) is 60.9 Å². The van der Waals surface area contributed by atoms with Crippen LogP contribution in [0.5, 0.6) is 0 Å². The van der Waals surface area contributed by atoms with Crippen molar-refractivity contribution in [2.24, 2.45) is 17.3 Å². The number of halogens is 3. The average molecular weight is 557 g/mol. The summed E-state index contributed by atoms with van der Waals surface area (Å²) in [5.41, 5.74) is 1.71. The van der Waals surface area contributed by atoms with Crippen molar-refractivity contribution in [1.29, 1.82) is 0 Å². The number of carboxylic acids is 1. The fourth-order valence-electron chi connectivity index (χ4n) is 7.45. The number of aromatic carboxylic acids is 1. The number of rotatable bonds is 5. The van der Waals surface area contributed by atoms with E-state index in [1.165, 1.54) is 6.07 Å². The predicted octanol–water partition coefficient (Wildman–Crippen LogP) is 6.61. The monoisotopic (exact) mass is 556 g/mol. The van der Waals surface area contributed by atoms with Gasteiger partial charge in [0.15, 0.2) is 0 Å². The number of hydrogen-bond donors (Lipinski definition) is 1. The number of alkyl halides is 3. The van der Waals surface area contributed by atoms with Crippen LogP contribution >= 0.6 is 0 Å². The van der Waals surface area contributed by atoms with E-state index in [-0.39, 0.29) is 24.4 Å². The molecule has 3 aliphatic rings. The van der Waals surface area contributed by atoms with E-state index in [0.717, 1.165) is 56.0 Å². The summed E-state index contributed by atoms with van der Waals surface area (Å²) in [6.07, 6.45) is -0.406. The SMILES string of the molecule is CC(C)[C@]1(C(=O)N2CCc3ccc(C(F)(F)F)cc3C2)CC[C@@H](N2CC[C@@H](c3cccc(C(=O)O)c3)[C@H](C)C2)C1. The summed E-state index contributed by atoms with van der Waals surface area (Å²) >= 11 is 0. The zero-order valence-electron chi connectivity index (χ0n) is 23.5. The molecule has 1 N–H and O–H groups in total. The molecule has 1 saturated carbocycles. The maximum absolute atomic E-state index is 14.1. The minimum atomic E-state index is -4.40. The standard InChI is InChI=1S/C32H39F3N2O3/c1-20(2)31(30(40)37-13-10-22-7-8-26(32(33,34)35)16-25(22)19-37)12-9-27(17-31)36-14-11-28(21(3)18-36)23-5-4-6-24(15-23)29(38)39/h4-8,15-16,20-21,27-28H,9-14,17-19H2,1-3H3,(H,38,39)/t21-,27-,28-,31+/m1/s1. The van der Waals surface area contributed by atoms with Gasteiger partial charge in [-0.3, -0.25) is 4.79 Å². The van der Waals surface area contributed by atoms with E-state index in [2.05, 4.69) is 25.7 Å². The van der Waals surface area contributed by atoms with E-state index in [0.29, 0.717) is 35.9 Å². The highest BCUT2D eigenvalue weighted by molar-refractivity contribution is 5.87. The maximum atomic E-state index is 14.1. The molecule has 0 aromatic heterocycles. The molecule has 0 spiro atoms. The van der Waals surface area contributed by atoms with Crippen LogP contribution in [0.3, 0.4) is 0 Å². The van der Waals surface area contributed by atoms with Crippen molar-refractivity contribution in [2.45, 2.75) is 77.6 Å². The fourth-order valence-corrected chi connectivity index (χ4v) is 7.45. The molecule has 4 atom stereocenters. The van der Waals surface area contributed by atoms with Gasteiger partial charge in [0.2, 0.25) is 5.91 Å². The first kappa shape index (κ1) is 28.7. The van der Waals surface area contributed by atoms with Crippen LogP contribution in [0.15, 0.2) is 42.5 Å². The number of benzene rings is 2. The summed E-state index contributed by atoms with van der Waals surface area (Å²) in [6, 6.07) is 11.5. The van der Waals surface area contributed by atoms with Gasteiger partial charge in [0, 0.05) is 25.7 Å². The van der Waals surface area contributed by atoms with Gasteiger partial charge in [-0.15, -0.1) is 0 Å². The summed E-state index contributed by atoms with van der Waals surface area (Å²) in [4.78, 5) is 29.9. The number of fused-ring (bicyclic) bond motifs is 1. The van der Waals surface area contributed by atoms with Gasteiger partial charge in [-0.25, -0.2) is 4.79 Å². The second-order valence-corrected chi connectivity index (χ2v) is 12.5. The van der Waals surface area contributed by atoms with Crippen molar-refractivity contribution < 1.29 is 27.9 Å². The first-order valence-electron chi connectivity index (χ1n) is 14.4. The highest BCUT2D eigenvalue weighted by Gasteiger charge is 2.51. The molecule has 0 bridgehead atoms. The molecular weight excluding hydrogens is 517 g/mol. The average Bonchev–Trinajstić information content (AvgIpc) is 3.38. The quantitative estimate of drug-likeness (QED) is 0.450. The molecule has 2 aromatic rings. The molecule has 216 valence electrons. The first-order chi connectivity index (χ1) is 18.9. The van der Waals surface area contributed by atoms with Crippen LogP contribution in [-0.2, 0) is 23.9 Å². The van der Waals surface area contributed by atoms with Gasteiger partial charge in [-0.05, 0) is 97.4 Å². The summed E-state index contributed by atoms with van der Waals surface area (Å²) in [5.74, 6) is -0.0545. The fraction of sp³-hybridized carbons (Fsp3) is 0.562. The van der Waals surface area contributed by atoms with Gasteiger partial charge < -0.3 is 14.9 Å². The molecule has 2 heterocycles. The highest BCUT2D eigenvalue weighted by Crippen LogP contribution is 2.49. The van der Waals surface area contributed by atoms with Gasteiger partial charge in [0.05, 0.1) is 16.5 Å². The summed E-state index contributed by atoms with van der Waals surface area (Å²) in [5, 5.41) is 9.40. The van der Waals surface area contributed by atoms with Crippen molar-refractivity contribution in [1.82, 2.24) is 9.80 Å². The van der Waals surface area contributed by atoms with Crippen LogP contribution in [0, 0.1) is 17.3 Å². The van der Waals surface area contributed by atoms with Crippen molar-refractivity contribution in [3.05, 3.63) is 70.3 Å². The van der Waals surface area contributed by atoms with E-state index in [1.807, 2.05) is 12.1 Å². The van der Waals surface area contributed by atoms with Crippen molar-refractivity contribution >= 4 is 11.9 Å². The van der Waals surface area contributed by atoms with Crippen LogP contribution in [0.4, 0.5) is 13.2 Å². The number of amides is 1. The van der Waals surface area contributed by atoms with E-state index in [9.17, 15) is 27.9 Å². The van der Waals surface area contributed by atoms with Crippen LogP contribution in [0.25, 0.3) is 0 Å². The largest absolute Gasteiger partial charge is 0.478 e. The molecule has 1 amide bonds. The molecule has 2 aromatic carbocycles. The van der Waals surface area contributed by atoms with Crippen LogP contribution in [0.2, 0.25) is 0 Å². The Labute approximate surface area is 234 Å².